The lowest BCUT2D eigenvalue weighted by molar-refractivity contribution is 0.0915. The van der Waals surface area contributed by atoms with Crippen molar-refractivity contribution in [1.29, 1.82) is 0 Å². The zero-order valence-corrected chi connectivity index (χ0v) is 19.2. The van der Waals surface area contributed by atoms with Crippen molar-refractivity contribution in [2.45, 2.75) is 19.4 Å². The second-order valence-electron chi connectivity index (χ2n) is 8.27. The SMILES string of the molecule is CN(C)c1ccc(C(=O)Nc2n[nH]c3sc(C(=O)NC(C)(C)c4ccccc4)cc23)cc1. The van der Waals surface area contributed by atoms with Crippen molar-refractivity contribution in [1.82, 2.24) is 15.5 Å². The summed E-state index contributed by atoms with van der Waals surface area (Å²) in [5, 5.41) is 13.7. The highest BCUT2D eigenvalue weighted by molar-refractivity contribution is 7.20. The van der Waals surface area contributed by atoms with E-state index in [1.54, 1.807) is 18.2 Å². The Hall–Kier alpha value is -3.65. The van der Waals surface area contributed by atoms with Crippen LogP contribution < -0.4 is 15.5 Å². The summed E-state index contributed by atoms with van der Waals surface area (Å²) >= 11 is 1.30. The highest BCUT2D eigenvalue weighted by Crippen LogP contribution is 2.30. The predicted octanol–water partition coefficient (Wildman–Crippen LogP) is 4.61. The number of nitrogens with zero attached hydrogens (tertiary/aromatic N) is 2. The van der Waals surface area contributed by atoms with Gasteiger partial charge in [-0.1, -0.05) is 30.3 Å². The molecule has 8 heteroatoms. The molecular weight excluding hydrogens is 422 g/mol. The van der Waals surface area contributed by atoms with Crippen LogP contribution in [0.25, 0.3) is 10.2 Å². The van der Waals surface area contributed by atoms with E-state index in [1.165, 1.54) is 11.3 Å². The van der Waals surface area contributed by atoms with Gasteiger partial charge in [0.25, 0.3) is 11.8 Å². The molecule has 3 N–H and O–H groups in total. The number of carbonyl (C=O) groups is 2. The molecule has 0 aliphatic heterocycles. The van der Waals surface area contributed by atoms with Gasteiger partial charge in [0.05, 0.1) is 15.8 Å². The van der Waals surface area contributed by atoms with Crippen LogP contribution in [0.5, 0.6) is 0 Å². The molecule has 4 aromatic rings. The lowest BCUT2D eigenvalue weighted by atomic mass is 9.94. The molecule has 0 fully saturated rings. The van der Waals surface area contributed by atoms with Crippen molar-refractivity contribution in [2.75, 3.05) is 24.3 Å². The third-order valence-electron chi connectivity index (χ3n) is 5.28. The van der Waals surface area contributed by atoms with Gasteiger partial charge in [-0.2, -0.15) is 5.10 Å². The van der Waals surface area contributed by atoms with Crippen LogP contribution >= 0.6 is 11.3 Å². The van der Waals surface area contributed by atoms with E-state index in [9.17, 15) is 9.59 Å². The smallest absolute Gasteiger partial charge is 0.262 e. The van der Waals surface area contributed by atoms with E-state index < -0.39 is 5.54 Å². The monoisotopic (exact) mass is 447 g/mol. The molecule has 2 heterocycles. The third-order valence-corrected chi connectivity index (χ3v) is 6.32. The number of anilines is 2. The normalized spacial score (nSPS) is 11.4. The Balaban J connectivity index is 1.51. The van der Waals surface area contributed by atoms with E-state index in [0.29, 0.717) is 21.6 Å². The van der Waals surface area contributed by atoms with E-state index in [0.717, 1.165) is 16.1 Å². The standard InChI is InChI=1S/C24H25N5O2S/c1-24(2,16-8-6-5-7-9-16)26-22(31)19-14-18-20(27-28-23(18)32-19)25-21(30)15-10-12-17(13-11-15)29(3)4/h5-14H,1-4H3,(H,26,31)(H2,25,27,28,30). The van der Waals surface area contributed by atoms with Gasteiger partial charge < -0.3 is 15.5 Å². The van der Waals surface area contributed by atoms with Crippen molar-refractivity contribution in [3.8, 4) is 0 Å². The molecular formula is C24H25N5O2S. The van der Waals surface area contributed by atoms with Gasteiger partial charge in [-0.25, -0.2) is 0 Å². The van der Waals surface area contributed by atoms with Gasteiger partial charge in [0.2, 0.25) is 0 Å². The molecule has 0 radical (unpaired) electrons. The van der Waals surface area contributed by atoms with Gasteiger partial charge in [0.15, 0.2) is 5.82 Å². The van der Waals surface area contributed by atoms with Crippen molar-refractivity contribution in [3.05, 3.63) is 76.7 Å². The first-order chi connectivity index (χ1) is 15.2. The Morgan fingerprint density at radius 3 is 2.34 bits per heavy atom. The number of H-pyrrole nitrogens is 1. The fraction of sp³-hybridized carbons (Fsp3) is 0.208. The average Bonchev–Trinajstić information content (AvgIpc) is 3.36. The van der Waals surface area contributed by atoms with E-state index >= 15 is 0 Å². The molecule has 0 bridgehead atoms. The summed E-state index contributed by atoms with van der Waals surface area (Å²) in [6, 6.07) is 18.9. The maximum atomic E-state index is 12.9. The lowest BCUT2D eigenvalue weighted by Gasteiger charge is -2.26. The summed E-state index contributed by atoms with van der Waals surface area (Å²) in [6.45, 7) is 3.93. The highest BCUT2D eigenvalue weighted by Gasteiger charge is 2.25. The predicted molar refractivity (Wildman–Crippen MR) is 130 cm³/mol. The quantitative estimate of drug-likeness (QED) is 0.403. The second kappa shape index (κ2) is 8.47. The highest BCUT2D eigenvalue weighted by atomic mass is 32.1. The minimum absolute atomic E-state index is 0.176. The minimum Gasteiger partial charge on any atom is -0.378 e. The number of benzene rings is 2. The van der Waals surface area contributed by atoms with E-state index in [2.05, 4.69) is 20.8 Å². The molecule has 2 aromatic carbocycles. The first-order valence-electron chi connectivity index (χ1n) is 10.2. The molecule has 0 aliphatic rings. The summed E-state index contributed by atoms with van der Waals surface area (Å²) in [5.41, 5.74) is 2.04. The van der Waals surface area contributed by atoms with Crippen molar-refractivity contribution >= 4 is 44.9 Å². The van der Waals surface area contributed by atoms with Crippen LogP contribution in [-0.2, 0) is 5.54 Å². The van der Waals surface area contributed by atoms with Crippen LogP contribution in [0.15, 0.2) is 60.7 Å². The lowest BCUT2D eigenvalue weighted by Crippen LogP contribution is -2.40. The van der Waals surface area contributed by atoms with Crippen LogP contribution in [0.1, 0.15) is 39.4 Å². The maximum Gasteiger partial charge on any atom is 0.262 e. The zero-order valence-electron chi connectivity index (χ0n) is 18.4. The number of amides is 2. The number of carbonyl (C=O) groups excluding carboxylic acids is 2. The second-order valence-corrected chi connectivity index (χ2v) is 9.32. The number of fused-ring (bicyclic) bond motifs is 1. The Morgan fingerprint density at radius 2 is 1.69 bits per heavy atom. The number of aromatic nitrogens is 2. The Kier molecular flexibility index (Phi) is 5.71. The van der Waals surface area contributed by atoms with Crippen LogP contribution in [0.3, 0.4) is 0 Å². The summed E-state index contributed by atoms with van der Waals surface area (Å²) in [5.74, 6) is -0.0320. The molecule has 7 nitrogen and oxygen atoms in total. The summed E-state index contributed by atoms with van der Waals surface area (Å²) in [6.07, 6.45) is 0. The van der Waals surface area contributed by atoms with Crippen molar-refractivity contribution in [3.63, 3.8) is 0 Å². The van der Waals surface area contributed by atoms with Crippen LogP contribution in [0.2, 0.25) is 0 Å². The van der Waals surface area contributed by atoms with Gasteiger partial charge in [-0.05, 0) is 49.7 Å². The number of hydrogen-bond acceptors (Lipinski definition) is 5. The Labute approximate surface area is 190 Å². The van der Waals surface area contributed by atoms with Crippen LogP contribution in [0, 0.1) is 0 Å². The molecule has 0 aliphatic carbocycles. The number of rotatable bonds is 6. The van der Waals surface area contributed by atoms with Gasteiger partial charge in [0, 0.05) is 25.3 Å². The van der Waals surface area contributed by atoms with E-state index in [-0.39, 0.29) is 11.8 Å². The average molecular weight is 448 g/mol. The van der Waals surface area contributed by atoms with E-state index in [4.69, 9.17) is 0 Å². The van der Waals surface area contributed by atoms with Crippen LogP contribution in [-0.4, -0.2) is 36.1 Å². The minimum atomic E-state index is -0.524. The van der Waals surface area contributed by atoms with Gasteiger partial charge in [0.1, 0.15) is 4.83 Å². The zero-order chi connectivity index (χ0) is 22.9. The fourth-order valence-electron chi connectivity index (χ4n) is 3.39. The largest absolute Gasteiger partial charge is 0.378 e. The molecule has 0 unspecified atom stereocenters. The molecule has 164 valence electrons. The molecule has 0 saturated carbocycles. The van der Waals surface area contributed by atoms with E-state index in [1.807, 2.05) is 75.3 Å². The molecule has 0 saturated heterocycles. The topological polar surface area (TPSA) is 90.1 Å². The van der Waals surface area contributed by atoms with Gasteiger partial charge in [-0.3, -0.25) is 14.7 Å². The summed E-state index contributed by atoms with van der Waals surface area (Å²) in [4.78, 5) is 28.8. The molecule has 0 spiro atoms. The number of hydrogen-bond donors (Lipinski definition) is 3. The molecule has 4 rings (SSSR count). The fourth-order valence-corrected chi connectivity index (χ4v) is 4.28. The molecule has 32 heavy (non-hydrogen) atoms. The molecule has 2 aromatic heterocycles. The molecule has 2 amide bonds. The third kappa shape index (κ3) is 4.36. The first kappa shape index (κ1) is 21.6. The number of thiophene rings is 1. The van der Waals surface area contributed by atoms with Crippen LogP contribution in [0.4, 0.5) is 11.5 Å². The summed E-state index contributed by atoms with van der Waals surface area (Å²) in [7, 11) is 3.89. The first-order valence-corrected chi connectivity index (χ1v) is 11.0. The van der Waals surface area contributed by atoms with Crippen molar-refractivity contribution in [2.24, 2.45) is 0 Å². The van der Waals surface area contributed by atoms with Crippen molar-refractivity contribution < 1.29 is 9.59 Å². The number of nitrogens with one attached hydrogen (secondary N) is 3. The maximum absolute atomic E-state index is 12.9. The summed E-state index contributed by atoms with van der Waals surface area (Å²) < 4.78 is 0. The van der Waals surface area contributed by atoms with Gasteiger partial charge >= 0.3 is 0 Å². The molecule has 0 atom stereocenters. The number of aromatic amines is 1. The van der Waals surface area contributed by atoms with Gasteiger partial charge in [-0.15, -0.1) is 11.3 Å². The Bertz CT molecular complexity index is 1260. The Morgan fingerprint density at radius 1 is 1.00 bits per heavy atom.